The van der Waals surface area contributed by atoms with E-state index in [4.69, 9.17) is 9.47 Å². The Hall–Kier alpha value is -1.43. The van der Waals surface area contributed by atoms with Gasteiger partial charge >= 0.3 is 11.9 Å². The molecule has 5 nitrogen and oxygen atoms in total. The van der Waals surface area contributed by atoms with Gasteiger partial charge in [0.05, 0.1) is 18.2 Å². The highest BCUT2D eigenvalue weighted by Crippen LogP contribution is 2.29. The van der Waals surface area contributed by atoms with Crippen molar-refractivity contribution in [1.82, 2.24) is 4.98 Å². The molecule has 0 N–H and O–H groups in total. The van der Waals surface area contributed by atoms with E-state index in [9.17, 15) is 9.59 Å². The van der Waals surface area contributed by atoms with Crippen LogP contribution in [0.5, 0.6) is 0 Å². The van der Waals surface area contributed by atoms with Crippen LogP contribution < -0.4 is 0 Å². The van der Waals surface area contributed by atoms with Crippen LogP contribution in [0.1, 0.15) is 30.7 Å². The third-order valence-corrected chi connectivity index (χ3v) is 3.56. The van der Waals surface area contributed by atoms with E-state index in [1.807, 2.05) is 6.92 Å². The zero-order valence-corrected chi connectivity index (χ0v) is 12.5. The molecule has 0 saturated heterocycles. The zero-order valence-electron chi connectivity index (χ0n) is 11.7. The summed E-state index contributed by atoms with van der Waals surface area (Å²) in [6, 6.07) is 0. The van der Waals surface area contributed by atoms with E-state index in [-0.39, 0.29) is 19.6 Å². The van der Waals surface area contributed by atoms with Crippen LogP contribution in [0.15, 0.2) is 6.20 Å². The predicted octanol–water partition coefficient (Wildman–Crippen LogP) is 2.13. The van der Waals surface area contributed by atoms with Crippen LogP contribution >= 0.6 is 11.3 Å². The van der Waals surface area contributed by atoms with Crippen LogP contribution in [-0.2, 0) is 25.5 Å². The fourth-order valence-electron chi connectivity index (χ4n) is 1.64. The second-order valence-electron chi connectivity index (χ2n) is 4.30. The van der Waals surface area contributed by atoms with Gasteiger partial charge in [-0.2, -0.15) is 0 Å². The lowest BCUT2D eigenvalue weighted by atomic mass is 9.86. The number of esters is 2. The normalized spacial score (nSPS) is 11.2. The SMILES string of the molecule is CCOC(=O)C(C)(Cc1cnc(C)s1)C(=O)OCC. The van der Waals surface area contributed by atoms with Gasteiger partial charge in [0.2, 0.25) is 0 Å². The summed E-state index contributed by atoms with van der Waals surface area (Å²) < 4.78 is 10.00. The summed E-state index contributed by atoms with van der Waals surface area (Å²) in [5, 5.41) is 0.894. The molecule has 0 spiro atoms. The predicted molar refractivity (Wildman–Crippen MR) is 71.9 cm³/mol. The van der Waals surface area contributed by atoms with Crippen molar-refractivity contribution in [1.29, 1.82) is 0 Å². The molecule has 0 aromatic carbocycles. The molecule has 0 saturated carbocycles. The molecular formula is C13H19NO4S. The smallest absolute Gasteiger partial charge is 0.323 e. The highest BCUT2D eigenvalue weighted by molar-refractivity contribution is 7.11. The average molecular weight is 285 g/mol. The molecule has 1 rings (SSSR count). The number of aromatic nitrogens is 1. The molecule has 0 amide bonds. The molecule has 0 aliphatic carbocycles. The number of hydrogen-bond acceptors (Lipinski definition) is 6. The van der Waals surface area contributed by atoms with Gasteiger partial charge in [-0.15, -0.1) is 11.3 Å². The van der Waals surface area contributed by atoms with Gasteiger partial charge in [0.25, 0.3) is 0 Å². The summed E-state index contributed by atoms with van der Waals surface area (Å²) in [7, 11) is 0. The first kappa shape index (κ1) is 15.6. The minimum atomic E-state index is -1.31. The van der Waals surface area contributed by atoms with E-state index in [1.54, 1.807) is 27.0 Å². The van der Waals surface area contributed by atoms with Crippen LogP contribution in [0.3, 0.4) is 0 Å². The Morgan fingerprint density at radius 3 is 2.16 bits per heavy atom. The summed E-state index contributed by atoms with van der Waals surface area (Å²) in [6.07, 6.45) is 1.92. The summed E-state index contributed by atoms with van der Waals surface area (Å²) in [5.41, 5.74) is -1.31. The molecule has 19 heavy (non-hydrogen) atoms. The average Bonchev–Trinajstić information content (AvgIpc) is 2.75. The first-order valence-corrected chi connectivity index (χ1v) is 7.01. The number of aryl methyl sites for hydroxylation is 1. The lowest BCUT2D eigenvalue weighted by Crippen LogP contribution is -2.41. The maximum atomic E-state index is 12.1. The molecule has 106 valence electrons. The molecule has 0 atom stereocenters. The number of carbonyl (C=O) groups excluding carboxylic acids is 2. The number of hydrogen-bond donors (Lipinski definition) is 0. The quantitative estimate of drug-likeness (QED) is 0.591. The van der Waals surface area contributed by atoms with Crippen molar-refractivity contribution in [2.75, 3.05) is 13.2 Å². The number of carbonyl (C=O) groups is 2. The molecule has 0 radical (unpaired) electrons. The molecular weight excluding hydrogens is 266 g/mol. The highest BCUT2D eigenvalue weighted by atomic mass is 32.1. The van der Waals surface area contributed by atoms with Gasteiger partial charge in [-0.3, -0.25) is 9.59 Å². The van der Waals surface area contributed by atoms with Crippen LogP contribution in [0.25, 0.3) is 0 Å². The molecule has 1 heterocycles. The monoisotopic (exact) mass is 285 g/mol. The Kier molecular flexibility index (Phi) is 5.47. The zero-order chi connectivity index (χ0) is 14.5. The Labute approximate surface area is 116 Å². The van der Waals surface area contributed by atoms with Crippen LogP contribution in [0, 0.1) is 12.3 Å². The van der Waals surface area contributed by atoms with Gasteiger partial charge in [-0.25, -0.2) is 4.98 Å². The van der Waals surface area contributed by atoms with Gasteiger partial charge in [-0.05, 0) is 27.7 Å². The van der Waals surface area contributed by atoms with E-state index < -0.39 is 17.4 Å². The fraction of sp³-hybridized carbons (Fsp3) is 0.615. The number of ether oxygens (including phenoxy) is 2. The van der Waals surface area contributed by atoms with Crippen molar-refractivity contribution in [3.8, 4) is 0 Å². The highest BCUT2D eigenvalue weighted by Gasteiger charge is 2.44. The number of nitrogens with zero attached hydrogens (tertiary/aromatic N) is 1. The first-order chi connectivity index (χ1) is 8.93. The van der Waals surface area contributed by atoms with Gasteiger partial charge in [0.1, 0.15) is 0 Å². The molecule has 0 aliphatic heterocycles. The van der Waals surface area contributed by atoms with E-state index >= 15 is 0 Å². The Morgan fingerprint density at radius 1 is 1.26 bits per heavy atom. The van der Waals surface area contributed by atoms with Crippen molar-refractivity contribution in [3.63, 3.8) is 0 Å². The van der Waals surface area contributed by atoms with Gasteiger partial charge < -0.3 is 9.47 Å². The van der Waals surface area contributed by atoms with E-state index in [1.165, 1.54) is 11.3 Å². The minimum Gasteiger partial charge on any atom is -0.465 e. The summed E-state index contributed by atoms with van der Waals surface area (Å²) >= 11 is 1.46. The first-order valence-electron chi connectivity index (χ1n) is 6.19. The molecule has 0 fully saturated rings. The minimum absolute atomic E-state index is 0.232. The van der Waals surface area contributed by atoms with Gasteiger partial charge in [0.15, 0.2) is 5.41 Å². The summed E-state index contributed by atoms with van der Waals surface area (Å²) in [6.45, 7) is 7.31. The molecule has 0 bridgehead atoms. The van der Waals surface area contributed by atoms with Gasteiger partial charge in [-0.1, -0.05) is 0 Å². The van der Waals surface area contributed by atoms with E-state index in [2.05, 4.69) is 4.98 Å². The topological polar surface area (TPSA) is 65.5 Å². The largest absolute Gasteiger partial charge is 0.465 e. The number of thiazole rings is 1. The lowest BCUT2D eigenvalue weighted by Gasteiger charge is -2.24. The van der Waals surface area contributed by atoms with E-state index in [0.717, 1.165) is 9.88 Å². The third-order valence-electron chi connectivity index (χ3n) is 2.65. The Bertz CT molecular complexity index is 437. The second-order valence-corrected chi connectivity index (χ2v) is 5.61. The van der Waals surface area contributed by atoms with Crippen LogP contribution in [0.4, 0.5) is 0 Å². The summed E-state index contributed by atoms with van der Waals surface area (Å²) in [4.78, 5) is 29.1. The van der Waals surface area contributed by atoms with Gasteiger partial charge in [0, 0.05) is 17.5 Å². The van der Waals surface area contributed by atoms with Crippen molar-refractivity contribution in [2.45, 2.75) is 34.1 Å². The third kappa shape index (κ3) is 3.76. The van der Waals surface area contributed by atoms with Crippen molar-refractivity contribution >= 4 is 23.3 Å². The maximum absolute atomic E-state index is 12.1. The standard InChI is InChI=1S/C13H19NO4S/c1-5-17-11(15)13(4,12(16)18-6-2)7-10-8-14-9(3)19-10/h8H,5-7H2,1-4H3. The molecule has 6 heteroatoms. The molecule has 1 aromatic heterocycles. The summed E-state index contributed by atoms with van der Waals surface area (Å²) in [5.74, 6) is -1.11. The molecule has 0 aliphatic rings. The number of rotatable bonds is 6. The van der Waals surface area contributed by atoms with Crippen molar-refractivity contribution in [3.05, 3.63) is 16.1 Å². The second kappa shape index (κ2) is 6.65. The Morgan fingerprint density at radius 2 is 1.79 bits per heavy atom. The van der Waals surface area contributed by atoms with Crippen molar-refractivity contribution in [2.24, 2.45) is 5.41 Å². The molecule has 1 aromatic rings. The van der Waals surface area contributed by atoms with E-state index in [0.29, 0.717) is 0 Å². The maximum Gasteiger partial charge on any atom is 0.323 e. The van der Waals surface area contributed by atoms with Crippen LogP contribution in [-0.4, -0.2) is 30.1 Å². The lowest BCUT2D eigenvalue weighted by molar-refractivity contribution is -0.170. The van der Waals surface area contributed by atoms with Crippen molar-refractivity contribution < 1.29 is 19.1 Å². The molecule has 0 unspecified atom stereocenters. The Balaban J connectivity index is 2.97. The van der Waals surface area contributed by atoms with Crippen LogP contribution in [0.2, 0.25) is 0 Å². The fourth-order valence-corrected chi connectivity index (χ4v) is 2.60.